The number of ether oxygens (including phenoxy) is 1. The van der Waals surface area contributed by atoms with Gasteiger partial charge in [0.15, 0.2) is 0 Å². The summed E-state index contributed by atoms with van der Waals surface area (Å²) in [4.78, 5) is 16.6. The van der Waals surface area contributed by atoms with E-state index >= 15 is 0 Å². The van der Waals surface area contributed by atoms with E-state index < -0.39 is 0 Å². The fraction of sp³-hybridized carbons (Fsp3) is 0.143. The molecule has 0 unspecified atom stereocenters. The van der Waals surface area contributed by atoms with Crippen LogP contribution in [0.3, 0.4) is 0 Å². The Morgan fingerprint density at radius 1 is 1.11 bits per heavy atom. The Hall–Kier alpha value is -3.05. The van der Waals surface area contributed by atoms with Gasteiger partial charge < -0.3 is 15.4 Å². The molecule has 3 aromatic rings. The number of carbonyl (C=O) groups excluding carboxylic acids is 1. The zero-order chi connectivity index (χ0) is 19.2. The zero-order valence-corrected chi connectivity index (χ0v) is 15.9. The van der Waals surface area contributed by atoms with Gasteiger partial charge in [0.2, 0.25) is 0 Å². The molecule has 0 aliphatic carbocycles. The summed E-state index contributed by atoms with van der Waals surface area (Å²) >= 11 is 5.99. The quantitative estimate of drug-likeness (QED) is 0.648. The van der Waals surface area contributed by atoms with Gasteiger partial charge >= 0.3 is 0 Å². The van der Waals surface area contributed by atoms with E-state index in [0.717, 1.165) is 28.3 Å². The summed E-state index contributed by atoms with van der Waals surface area (Å²) in [5.41, 5.74) is 4.06. The predicted octanol–water partition coefficient (Wildman–Crippen LogP) is 4.73. The first-order valence-corrected chi connectivity index (χ1v) is 8.83. The molecule has 27 heavy (non-hydrogen) atoms. The van der Waals surface area contributed by atoms with Crippen LogP contribution in [-0.4, -0.2) is 18.0 Å². The van der Waals surface area contributed by atoms with Gasteiger partial charge in [-0.1, -0.05) is 23.7 Å². The van der Waals surface area contributed by atoms with Gasteiger partial charge in [0.05, 0.1) is 7.11 Å². The Morgan fingerprint density at radius 2 is 1.89 bits per heavy atom. The number of carbonyl (C=O) groups is 1. The lowest BCUT2D eigenvalue weighted by molar-refractivity contribution is 0.0946. The highest BCUT2D eigenvalue weighted by molar-refractivity contribution is 6.30. The van der Waals surface area contributed by atoms with Crippen molar-refractivity contribution in [1.29, 1.82) is 0 Å². The average Bonchev–Trinajstić information content (AvgIpc) is 2.69. The monoisotopic (exact) mass is 381 g/mol. The number of hydrogen-bond acceptors (Lipinski definition) is 4. The Bertz CT molecular complexity index is 942. The fourth-order valence-corrected chi connectivity index (χ4v) is 2.80. The van der Waals surface area contributed by atoms with Crippen molar-refractivity contribution in [3.63, 3.8) is 0 Å². The van der Waals surface area contributed by atoms with Crippen LogP contribution in [0.25, 0.3) is 0 Å². The zero-order valence-electron chi connectivity index (χ0n) is 15.1. The lowest BCUT2D eigenvalue weighted by atomic mass is 10.2. The number of rotatable bonds is 6. The molecule has 2 aromatic carbocycles. The van der Waals surface area contributed by atoms with E-state index in [0.29, 0.717) is 17.3 Å². The molecule has 1 amide bonds. The van der Waals surface area contributed by atoms with Crippen LogP contribution in [0.5, 0.6) is 5.75 Å². The van der Waals surface area contributed by atoms with Crippen LogP contribution in [0.4, 0.5) is 11.4 Å². The molecule has 1 heterocycles. The summed E-state index contributed by atoms with van der Waals surface area (Å²) in [6, 6.07) is 16.7. The molecule has 0 saturated heterocycles. The van der Waals surface area contributed by atoms with Gasteiger partial charge in [-0.25, -0.2) is 0 Å². The third kappa shape index (κ3) is 4.99. The van der Waals surface area contributed by atoms with E-state index in [1.54, 1.807) is 19.4 Å². The largest absolute Gasteiger partial charge is 0.497 e. The Morgan fingerprint density at radius 3 is 2.59 bits per heavy atom. The number of benzene rings is 2. The van der Waals surface area contributed by atoms with Crippen LogP contribution in [0.1, 0.15) is 21.6 Å². The average molecular weight is 382 g/mol. The van der Waals surface area contributed by atoms with Gasteiger partial charge in [-0.2, -0.15) is 0 Å². The van der Waals surface area contributed by atoms with Gasteiger partial charge in [-0.05, 0) is 60.5 Å². The van der Waals surface area contributed by atoms with Crippen LogP contribution in [-0.2, 0) is 6.54 Å². The molecule has 0 atom stereocenters. The molecule has 2 N–H and O–H groups in total. The van der Waals surface area contributed by atoms with E-state index in [9.17, 15) is 4.79 Å². The minimum atomic E-state index is -0.234. The first-order chi connectivity index (χ1) is 13.0. The van der Waals surface area contributed by atoms with Crippen LogP contribution < -0.4 is 15.4 Å². The number of aromatic nitrogens is 1. The maximum Gasteiger partial charge on any atom is 0.270 e. The lowest BCUT2D eigenvalue weighted by Crippen LogP contribution is -2.23. The molecule has 6 heteroatoms. The summed E-state index contributed by atoms with van der Waals surface area (Å²) in [7, 11) is 1.62. The molecule has 0 bridgehead atoms. The molecule has 5 nitrogen and oxygen atoms in total. The van der Waals surface area contributed by atoms with Crippen molar-refractivity contribution in [1.82, 2.24) is 10.3 Å². The SMILES string of the molecule is COc1ccc(CNC(=O)c2cc(Nc3ccc(Cl)cc3C)ccn2)cc1. The molecule has 1 aromatic heterocycles. The molecule has 0 fully saturated rings. The summed E-state index contributed by atoms with van der Waals surface area (Å²) in [5.74, 6) is 0.547. The van der Waals surface area contributed by atoms with Crippen molar-refractivity contribution in [3.05, 3.63) is 82.6 Å². The summed E-state index contributed by atoms with van der Waals surface area (Å²) in [5, 5.41) is 6.85. The number of halogens is 1. The summed E-state index contributed by atoms with van der Waals surface area (Å²) in [6.07, 6.45) is 1.61. The van der Waals surface area contributed by atoms with Crippen LogP contribution in [0.15, 0.2) is 60.8 Å². The second-order valence-electron chi connectivity index (χ2n) is 6.04. The normalized spacial score (nSPS) is 10.3. The van der Waals surface area contributed by atoms with Gasteiger partial charge in [0, 0.05) is 29.1 Å². The maximum absolute atomic E-state index is 12.4. The molecular formula is C21H20ClN3O2. The van der Waals surface area contributed by atoms with Gasteiger partial charge in [0.25, 0.3) is 5.91 Å². The van der Waals surface area contributed by atoms with Gasteiger partial charge in [-0.3, -0.25) is 9.78 Å². The van der Waals surface area contributed by atoms with Crippen LogP contribution >= 0.6 is 11.6 Å². The second-order valence-corrected chi connectivity index (χ2v) is 6.48. The standard InChI is InChI=1S/C21H20ClN3O2/c1-14-11-16(22)5-8-19(14)25-17-9-10-23-20(12-17)21(26)24-13-15-3-6-18(27-2)7-4-15/h3-12H,13H2,1-2H3,(H,23,25)(H,24,26). The highest BCUT2D eigenvalue weighted by Crippen LogP contribution is 2.23. The van der Waals surface area contributed by atoms with Gasteiger partial charge in [-0.15, -0.1) is 0 Å². The fourth-order valence-electron chi connectivity index (χ4n) is 2.57. The minimum Gasteiger partial charge on any atom is -0.497 e. The number of methoxy groups -OCH3 is 1. The topological polar surface area (TPSA) is 63.2 Å². The van der Waals surface area contributed by atoms with E-state index in [4.69, 9.17) is 16.3 Å². The van der Waals surface area contributed by atoms with Crippen molar-refractivity contribution in [3.8, 4) is 5.75 Å². The summed E-state index contributed by atoms with van der Waals surface area (Å²) in [6.45, 7) is 2.39. The van der Waals surface area contributed by atoms with Crippen molar-refractivity contribution < 1.29 is 9.53 Å². The number of nitrogens with zero attached hydrogens (tertiary/aromatic N) is 1. The van der Waals surface area contributed by atoms with Crippen molar-refractivity contribution >= 4 is 28.9 Å². The van der Waals surface area contributed by atoms with Crippen molar-refractivity contribution in [2.24, 2.45) is 0 Å². The number of anilines is 2. The molecule has 0 aliphatic heterocycles. The van der Waals surface area contributed by atoms with Gasteiger partial charge in [0.1, 0.15) is 11.4 Å². The predicted molar refractivity (Wildman–Crippen MR) is 108 cm³/mol. The second kappa shape index (κ2) is 8.56. The number of hydrogen-bond donors (Lipinski definition) is 2. The highest BCUT2D eigenvalue weighted by atomic mass is 35.5. The Balaban J connectivity index is 1.65. The first-order valence-electron chi connectivity index (χ1n) is 8.45. The molecule has 0 aliphatic rings. The Labute approximate surface area is 163 Å². The van der Waals surface area contributed by atoms with E-state index in [2.05, 4.69) is 15.6 Å². The third-order valence-electron chi connectivity index (χ3n) is 4.07. The smallest absolute Gasteiger partial charge is 0.270 e. The first kappa shape index (κ1) is 18.7. The van der Waals surface area contributed by atoms with E-state index in [-0.39, 0.29) is 5.91 Å². The third-order valence-corrected chi connectivity index (χ3v) is 4.31. The number of aryl methyl sites for hydroxylation is 1. The van der Waals surface area contributed by atoms with Crippen LogP contribution in [0, 0.1) is 6.92 Å². The number of nitrogens with one attached hydrogen (secondary N) is 2. The Kier molecular flexibility index (Phi) is 5.94. The minimum absolute atomic E-state index is 0.234. The molecular weight excluding hydrogens is 362 g/mol. The maximum atomic E-state index is 12.4. The number of amides is 1. The lowest BCUT2D eigenvalue weighted by Gasteiger charge is -2.11. The van der Waals surface area contributed by atoms with E-state index in [1.807, 2.05) is 55.5 Å². The highest BCUT2D eigenvalue weighted by Gasteiger charge is 2.09. The summed E-state index contributed by atoms with van der Waals surface area (Å²) < 4.78 is 5.13. The van der Waals surface area contributed by atoms with E-state index in [1.165, 1.54) is 0 Å². The van der Waals surface area contributed by atoms with Crippen LogP contribution in [0.2, 0.25) is 5.02 Å². The molecule has 138 valence electrons. The number of pyridine rings is 1. The van der Waals surface area contributed by atoms with Crippen molar-refractivity contribution in [2.75, 3.05) is 12.4 Å². The molecule has 0 saturated carbocycles. The molecule has 0 radical (unpaired) electrons. The van der Waals surface area contributed by atoms with Crippen molar-refractivity contribution in [2.45, 2.75) is 13.5 Å². The molecule has 0 spiro atoms. The molecule has 3 rings (SSSR count).